The molecule has 196 valence electrons. The van der Waals surface area contributed by atoms with Gasteiger partial charge in [0.2, 0.25) is 0 Å². The van der Waals surface area contributed by atoms with Crippen molar-refractivity contribution < 1.29 is 27.6 Å². The third-order valence-electron chi connectivity index (χ3n) is 6.55. The molecule has 10 nitrogen and oxygen atoms in total. The van der Waals surface area contributed by atoms with Crippen molar-refractivity contribution in [3.05, 3.63) is 70.0 Å². The molecule has 2 aliphatic rings. The van der Waals surface area contributed by atoms with Gasteiger partial charge in [0.1, 0.15) is 24.4 Å². The van der Waals surface area contributed by atoms with Gasteiger partial charge in [-0.3, -0.25) is 4.57 Å². The van der Waals surface area contributed by atoms with E-state index in [1.807, 2.05) is 18.3 Å². The summed E-state index contributed by atoms with van der Waals surface area (Å²) in [7, 11) is 0. The molecule has 13 heteroatoms. The molecule has 1 aromatic carbocycles. The fraction of sp³-hybridized carbons (Fsp3) is 0.417. The number of imidazole rings is 1. The van der Waals surface area contributed by atoms with E-state index in [-0.39, 0.29) is 29.5 Å². The molecule has 0 spiro atoms. The molecule has 37 heavy (non-hydrogen) atoms. The number of piperidine rings is 1. The number of anilines is 1. The van der Waals surface area contributed by atoms with Crippen LogP contribution in [0.4, 0.5) is 24.8 Å². The Kier molecular flexibility index (Phi) is 6.87. The van der Waals surface area contributed by atoms with Gasteiger partial charge in [-0.1, -0.05) is 18.2 Å². The molecule has 4 heterocycles. The Morgan fingerprint density at radius 3 is 2.57 bits per heavy atom. The number of benzene rings is 1. The summed E-state index contributed by atoms with van der Waals surface area (Å²) in [6, 6.07) is 10.4. The highest BCUT2D eigenvalue weighted by Crippen LogP contribution is 2.32. The predicted molar refractivity (Wildman–Crippen MR) is 127 cm³/mol. The Balaban J connectivity index is 1.09. The lowest BCUT2D eigenvalue weighted by Crippen LogP contribution is -2.41. The minimum atomic E-state index is -4.69. The Hall–Kier alpha value is -3.87. The number of pyridine rings is 1. The topological polar surface area (TPSA) is 108 Å². The van der Waals surface area contributed by atoms with Gasteiger partial charge in [-0.05, 0) is 53.0 Å². The molecule has 0 amide bonds. The van der Waals surface area contributed by atoms with E-state index < -0.39 is 11.3 Å². The van der Waals surface area contributed by atoms with Gasteiger partial charge < -0.3 is 29.8 Å². The molecular weight excluding hydrogens is 493 g/mol. The fourth-order valence-electron chi connectivity index (χ4n) is 4.66. The molecule has 1 fully saturated rings. The fourth-order valence-corrected chi connectivity index (χ4v) is 4.66. The monoisotopic (exact) mass is 518 g/mol. The first-order valence-corrected chi connectivity index (χ1v) is 11.9. The lowest BCUT2D eigenvalue weighted by molar-refractivity contribution is -0.389. The molecule has 2 aromatic heterocycles. The van der Waals surface area contributed by atoms with E-state index in [2.05, 4.69) is 24.9 Å². The first kappa shape index (κ1) is 24.8. The van der Waals surface area contributed by atoms with E-state index in [0.717, 1.165) is 42.9 Å². The minimum absolute atomic E-state index is 0.0194. The summed E-state index contributed by atoms with van der Waals surface area (Å²) < 4.78 is 48.2. The number of nitrogens with one attached hydrogen (secondary N) is 1. The van der Waals surface area contributed by atoms with Crippen LogP contribution in [-0.4, -0.2) is 51.6 Å². The molecule has 0 bridgehead atoms. The maximum Gasteiger partial charge on any atom is 0.573 e. The van der Waals surface area contributed by atoms with Crippen LogP contribution in [0, 0.1) is 10.1 Å². The highest BCUT2D eigenvalue weighted by atomic mass is 19.4. The summed E-state index contributed by atoms with van der Waals surface area (Å²) in [6.45, 7) is 3.06. The zero-order chi connectivity index (χ0) is 26.0. The SMILES string of the molecule is O=[N+]([O-])c1cn2c(n1)OC[C@@H](NCc1ccc(N3CCC(c4ccc(OC(F)(F)F)cc4)CC3)nc1)C2. The second-order valence-electron chi connectivity index (χ2n) is 9.08. The number of hydrogen-bond acceptors (Lipinski definition) is 8. The number of halogens is 3. The van der Waals surface area contributed by atoms with Crippen molar-refractivity contribution in [1.29, 1.82) is 0 Å². The summed E-state index contributed by atoms with van der Waals surface area (Å²) in [6.07, 6.45) is 0.262. The molecule has 0 aliphatic carbocycles. The molecule has 0 saturated carbocycles. The van der Waals surface area contributed by atoms with E-state index in [0.29, 0.717) is 19.7 Å². The summed E-state index contributed by atoms with van der Waals surface area (Å²) in [5.41, 5.74) is 2.01. The normalized spacial score (nSPS) is 18.2. The third-order valence-corrected chi connectivity index (χ3v) is 6.55. The highest BCUT2D eigenvalue weighted by Gasteiger charge is 2.31. The van der Waals surface area contributed by atoms with Crippen LogP contribution in [0.15, 0.2) is 48.8 Å². The van der Waals surface area contributed by atoms with Gasteiger partial charge in [0.15, 0.2) is 0 Å². The van der Waals surface area contributed by atoms with Gasteiger partial charge in [0.25, 0.3) is 0 Å². The lowest BCUT2D eigenvalue weighted by atomic mass is 9.89. The average Bonchev–Trinajstić information content (AvgIpc) is 3.32. The van der Waals surface area contributed by atoms with Crippen LogP contribution in [0.5, 0.6) is 11.8 Å². The largest absolute Gasteiger partial charge is 0.573 e. The first-order chi connectivity index (χ1) is 17.7. The number of rotatable bonds is 7. The van der Waals surface area contributed by atoms with E-state index in [9.17, 15) is 23.3 Å². The smallest absolute Gasteiger partial charge is 0.444 e. The molecule has 2 aliphatic heterocycles. The summed E-state index contributed by atoms with van der Waals surface area (Å²) in [5, 5.41) is 14.3. The lowest BCUT2D eigenvalue weighted by Gasteiger charge is -2.33. The van der Waals surface area contributed by atoms with Crippen molar-refractivity contribution in [3.8, 4) is 11.8 Å². The summed E-state index contributed by atoms with van der Waals surface area (Å²) >= 11 is 0. The van der Waals surface area contributed by atoms with Gasteiger partial charge >= 0.3 is 18.2 Å². The third kappa shape index (κ3) is 6.10. The number of fused-ring (bicyclic) bond motifs is 1. The maximum atomic E-state index is 12.4. The molecule has 1 atom stereocenters. The molecular formula is C24H25F3N6O4. The van der Waals surface area contributed by atoms with Crippen molar-refractivity contribution >= 4 is 11.6 Å². The van der Waals surface area contributed by atoms with Crippen LogP contribution in [0.3, 0.4) is 0 Å². The number of hydrogen-bond donors (Lipinski definition) is 1. The second-order valence-corrected chi connectivity index (χ2v) is 9.08. The number of alkyl halides is 3. The molecule has 5 rings (SSSR count). The molecule has 1 N–H and O–H groups in total. The minimum Gasteiger partial charge on any atom is -0.444 e. The van der Waals surface area contributed by atoms with Crippen molar-refractivity contribution in [2.24, 2.45) is 0 Å². The first-order valence-electron chi connectivity index (χ1n) is 11.9. The van der Waals surface area contributed by atoms with Crippen LogP contribution in [-0.2, 0) is 13.1 Å². The summed E-state index contributed by atoms with van der Waals surface area (Å²) in [5.74, 6) is 0.717. The predicted octanol–water partition coefficient (Wildman–Crippen LogP) is 4.02. The number of nitrogens with zero attached hydrogens (tertiary/aromatic N) is 5. The number of ether oxygens (including phenoxy) is 2. The summed E-state index contributed by atoms with van der Waals surface area (Å²) in [4.78, 5) is 21.0. The Labute approximate surface area is 210 Å². The van der Waals surface area contributed by atoms with Gasteiger partial charge in [0, 0.05) is 37.4 Å². The van der Waals surface area contributed by atoms with E-state index in [1.165, 1.54) is 18.3 Å². The van der Waals surface area contributed by atoms with Crippen LogP contribution in [0.25, 0.3) is 0 Å². The van der Waals surface area contributed by atoms with Crippen molar-refractivity contribution in [3.63, 3.8) is 0 Å². The van der Waals surface area contributed by atoms with E-state index in [1.54, 1.807) is 16.7 Å². The van der Waals surface area contributed by atoms with Gasteiger partial charge in [-0.2, -0.15) is 0 Å². The van der Waals surface area contributed by atoms with E-state index >= 15 is 0 Å². The zero-order valence-corrected chi connectivity index (χ0v) is 19.7. The van der Waals surface area contributed by atoms with Crippen LogP contribution < -0.4 is 19.7 Å². The van der Waals surface area contributed by atoms with Crippen LogP contribution in [0.1, 0.15) is 29.9 Å². The van der Waals surface area contributed by atoms with Crippen molar-refractivity contribution in [2.75, 3.05) is 24.6 Å². The Bertz CT molecular complexity index is 1220. The van der Waals surface area contributed by atoms with Gasteiger partial charge in [-0.15, -0.1) is 13.2 Å². The zero-order valence-electron chi connectivity index (χ0n) is 19.7. The average molecular weight is 518 g/mol. The van der Waals surface area contributed by atoms with Gasteiger partial charge in [0.05, 0.1) is 6.04 Å². The maximum absolute atomic E-state index is 12.4. The Morgan fingerprint density at radius 2 is 1.92 bits per heavy atom. The Morgan fingerprint density at radius 1 is 1.16 bits per heavy atom. The second kappa shape index (κ2) is 10.2. The quantitative estimate of drug-likeness (QED) is 0.369. The van der Waals surface area contributed by atoms with Crippen LogP contribution in [0.2, 0.25) is 0 Å². The van der Waals surface area contributed by atoms with Crippen LogP contribution >= 0.6 is 0 Å². The molecule has 3 aromatic rings. The van der Waals surface area contributed by atoms with Gasteiger partial charge in [-0.25, -0.2) is 4.98 Å². The molecule has 0 unspecified atom stereocenters. The van der Waals surface area contributed by atoms with Crippen molar-refractivity contribution in [2.45, 2.75) is 44.3 Å². The van der Waals surface area contributed by atoms with Crippen molar-refractivity contribution in [1.82, 2.24) is 19.9 Å². The number of aromatic nitrogens is 3. The standard InChI is InChI=1S/C24H25F3N6O4/c25-24(26,27)37-20-4-2-17(3-5-20)18-7-9-31(10-8-18)21-6-1-16(12-29-21)11-28-19-13-32-14-22(33(34)35)30-23(32)36-15-19/h1-6,12,14,18-19,28H,7-11,13,15H2/t19-/m0/s1. The molecule has 0 radical (unpaired) electrons. The highest BCUT2D eigenvalue weighted by molar-refractivity contribution is 5.41. The van der Waals surface area contributed by atoms with E-state index in [4.69, 9.17) is 4.74 Å². The number of nitro groups is 1. The molecule has 1 saturated heterocycles.